The van der Waals surface area contributed by atoms with Gasteiger partial charge in [0.15, 0.2) is 0 Å². The molecule has 1 rings (SSSR count). The molecule has 5 heteroatoms. The first-order valence-corrected chi connectivity index (χ1v) is 7.33. The molecule has 0 bridgehead atoms. The Labute approximate surface area is 127 Å². The third-order valence-corrected chi connectivity index (χ3v) is 2.83. The van der Waals surface area contributed by atoms with Crippen molar-refractivity contribution in [1.82, 2.24) is 5.32 Å². The average molecular weight is 294 g/mol. The van der Waals surface area contributed by atoms with Gasteiger partial charge in [0, 0.05) is 25.9 Å². The van der Waals surface area contributed by atoms with Gasteiger partial charge in [0.1, 0.15) is 11.8 Å². The third-order valence-electron chi connectivity index (χ3n) is 2.83. The Hall–Kier alpha value is -1.75. The van der Waals surface area contributed by atoms with E-state index in [2.05, 4.69) is 10.6 Å². The van der Waals surface area contributed by atoms with Crippen molar-refractivity contribution in [3.8, 4) is 5.75 Å². The Kier molecular flexibility index (Phi) is 7.61. The third kappa shape index (κ3) is 6.99. The standard InChI is InChI=1S/C16H26N2O3/c1-12(2)21-15-8-6-14(7-9-15)18-13(3)16(19)17-10-5-11-20-4/h6-9,12-13,18H,5,10-11H2,1-4H3,(H,17,19). The van der Waals surface area contributed by atoms with Crippen molar-refractivity contribution in [2.75, 3.05) is 25.6 Å². The molecule has 0 spiro atoms. The van der Waals surface area contributed by atoms with Crippen LogP contribution in [0.5, 0.6) is 5.75 Å². The molecule has 0 aliphatic rings. The minimum absolute atomic E-state index is 0.0198. The maximum Gasteiger partial charge on any atom is 0.242 e. The largest absolute Gasteiger partial charge is 0.491 e. The summed E-state index contributed by atoms with van der Waals surface area (Å²) >= 11 is 0. The van der Waals surface area contributed by atoms with Crippen LogP contribution in [0.4, 0.5) is 5.69 Å². The molecular weight excluding hydrogens is 268 g/mol. The predicted molar refractivity (Wildman–Crippen MR) is 84.8 cm³/mol. The fraction of sp³-hybridized carbons (Fsp3) is 0.562. The van der Waals surface area contributed by atoms with Crippen LogP contribution < -0.4 is 15.4 Å². The van der Waals surface area contributed by atoms with Gasteiger partial charge in [-0.2, -0.15) is 0 Å². The van der Waals surface area contributed by atoms with Crippen LogP contribution in [0.25, 0.3) is 0 Å². The van der Waals surface area contributed by atoms with Crippen LogP contribution >= 0.6 is 0 Å². The Morgan fingerprint density at radius 3 is 2.43 bits per heavy atom. The molecule has 0 saturated heterocycles. The second-order valence-electron chi connectivity index (χ2n) is 5.19. The maximum absolute atomic E-state index is 11.9. The fourth-order valence-corrected chi connectivity index (χ4v) is 1.80. The molecule has 0 heterocycles. The van der Waals surface area contributed by atoms with Crippen LogP contribution in [-0.2, 0) is 9.53 Å². The minimum atomic E-state index is -0.288. The molecule has 1 aromatic carbocycles. The molecule has 1 amide bonds. The number of anilines is 1. The highest BCUT2D eigenvalue weighted by Crippen LogP contribution is 2.17. The van der Waals surface area contributed by atoms with E-state index >= 15 is 0 Å². The lowest BCUT2D eigenvalue weighted by Crippen LogP contribution is -2.38. The molecule has 1 aromatic rings. The average Bonchev–Trinajstić information content (AvgIpc) is 2.45. The van der Waals surface area contributed by atoms with E-state index in [1.54, 1.807) is 7.11 Å². The van der Waals surface area contributed by atoms with Crippen molar-refractivity contribution < 1.29 is 14.3 Å². The zero-order valence-electron chi connectivity index (χ0n) is 13.3. The molecular formula is C16H26N2O3. The SMILES string of the molecule is COCCCNC(=O)C(C)Nc1ccc(OC(C)C)cc1. The number of hydrogen-bond acceptors (Lipinski definition) is 4. The maximum atomic E-state index is 11.9. The van der Waals surface area contributed by atoms with Gasteiger partial charge in [-0.15, -0.1) is 0 Å². The summed E-state index contributed by atoms with van der Waals surface area (Å²) in [5.41, 5.74) is 0.894. The van der Waals surface area contributed by atoms with Gasteiger partial charge in [-0.05, 0) is 51.5 Å². The molecule has 118 valence electrons. The number of ether oxygens (including phenoxy) is 2. The van der Waals surface area contributed by atoms with E-state index in [9.17, 15) is 4.79 Å². The second-order valence-corrected chi connectivity index (χ2v) is 5.19. The Bertz CT molecular complexity index is 418. The lowest BCUT2D eigenvalue weighted by Gasteiger charge is -2.16. The molecule has 0 aliphatic carbocycles. The van der Waals surface area contributed by atoms with E-state index < -0.39 is 0 Å². The minimum Gasteiger partial charge on any atom is -0.491 e. The summed E-state index contributed by atoms with van der Waals surface area (Å²) in [5.74, 6) is 0.806. The highest BCUT2D eigenvalue weighted by molar-refractivity contribution is 5.84. The normalized spacial score (nSPS) is 12.0. The first-order valence-electron chi connectivity index (χ1n) is 7.33. The van der Waals surface area contributed by atoms with Crippen LogP contribution in [0, 0.1) is 0 Å². The van der Waals surface area contributed by atoms with Crippen LogP contribution in [0.2, 0.25) is 0 Å². The smallest absolute Gasteiger partial charge is 0.242 e. The number of hydrogen-bond donors (Lipinski definition) is 2. The molecule has 5 nitrogen and oxygen atoms in total. The first kappa shape index (κ1) is 17.3. The molecule has 0 saturated carbocycles. The molecule has 2 N–H and O–H groups in total. The Balaban J connectivity index is 2.39. The van der Waals surface area contributed by atoms with E-state index in [-0.39, 0.29) is 18.1 Å². The van der Waals surface area contributed by atoms with Gasteiger partial charge < -0.3 is 20.1 Å². The van der Waals surface area contributed by atoms with E-state index in [1.807, 2.05) is 45.0 Å². The fourth-order valence-electron chi connectivity index (χ4n) is 1.80. The van der Waals surface area contributed by atoms with Crippen molar-refractivity contribution in [3.05, 3.63) is 24.3 Å². The number of rotatable bonds is 9. The number of carbonyl (C=O) groups excluding carboxylic acids is 1. The van der Waals surface area contributed by atoms with Gasteiger partial charge >= 0.3 is 0 Å². The molecule has 1 unspecified atom stereocenters. The summed E-state index contributed by atoms with van der Waals surface area (Å²) in [4.78, 5) is 11.9. The number of carbonyl (C=O) groups is 1. The second kappa shape index (κ2) is 9.23. The molecule has 0 fully saturated rings. The van der Waals surface area contributed by atoms with Crippen molar-refractivity contribution >= 4 is 11.6 Å². The highest BCUT2D eigenvalue weighted by atomic mass is 16.5. The summed E-state index contributed by atoms with van der Waals surface area (Å²) in [7, 11) is 1.65. The van der Waals surface area contributed by atoms with E-state index in [0.717, 1.165) is 17.9 Å². The van der Waals surface area contributed by atoms with Gasteiger partial charge in [-0.1, -0.05) is 0 Å². The number of amides is 1. The molecule has 0 aliphatic heterocycles. The van der Waals surface area contributed by atoms with E-state index in [0.29, 0.717) is 13.2 Å². The van der Waals surface area contributed by atoms with Gasteiger partial charge in [0.25, 0.3) is 0 Å². The van der Waals surface area contributed by atoms with Crippen LogP contribution in [0.3, 0.4) is 0 Å². The summed E-state index contributed by atoms with van der Waals surface area (Å²) in [5, 5.41) is 6.03. The van der Waals surface area contributed by atoms with Gasteiger partial charge in [-0.3, -0.25) is 4.79 Å². The Morgan fingerprint density at radius 1 is 1.19 bits per heavy atom. The number of benzene rings is 1. The molecule has 0 aromatic heterocycles. The van der Waals surface area contributed by atoms with E-state index in [1.165, 1.54) is 0 Å². The van der Waals surface area contributed by atoms with Crippen molar-refractivity contribution in [2.45, 2.75) is 39.3 Å². The zero-order chi connectivity index (χ0) is 15.7. The van der Waals surface area contributed by atoms with Crippen molar-refractivity contribution in [3.63, 3.8) is 0 Å². The lowest BCUT2D eigenvalue weighted by atomic mass is 10.2. The van der Waals surface area contributed by atoms with Gasteiger partial charge in [0.2, 0.25) is 5.91 Å². The Morgan fingerprint density at radius 2 is 1.86 bits per heavy atom. The van der Waals surface area contributed by atoms with Crippen molar-refractivity contribution in [2.24, 2.45) is 0 Å². The quantitative estimate of drug-likeness (QED) is 0.687. The van der Waals surface area contributed by atoms with Crippen LogP contribution in [-0.4, -0.2) is 38.3 Å². The molecule has 1 atom stereocenters. The summed E-state index contributed by atoms with van der Waals surface area (Å²) in [6.45, 7) is 7.09. The molecule has 0 radical (unpaired) electrons. The highest BCUT2D eigenvalue weighted by Gasteiger charge is 2.11. The summed E-state index contributed by atoms with van der Waals surface area (Å²) in [6.07, 6.45) is 0.969. The first-order chi connectivity index (χ1) is 10.0. The summed E-state index contributed by atoms with van der Waals surface area (Å²) < 4.78 is 10.5. The lowest BCUT2D eigenvalue weighted by molar-refractivity contribution is -0.121. The predicted octanol–water partition coefficient (Wildman–Crippen LogP) is 2.43. The monoisotopic (exact) mass is 294 g/mol. The van der Waals surface area contributed by atoms with Gasteiger partial charge in [0.05, 0.1) is 6.10 Å². The number of nitrogens with one attached hydrogen (secondary N) is 2. The molecule has 21 heavy (non-hydrogen) atoms. The van der Waals surface area contributed by atoms with E-state index in [4.69, 9.17) is 9.47 Å². The van der Waals surface area contributed by atoms with Crippen LogP contribution in [0.15, 0.2) is 24.3 Å². The number of methoxy groups -OCH3 is 1. The van der Waals surface area contributed by atoms with Gasteiger partial charge in [-0.25, -0.2) is 0 Å². The zero-order valence-corrected chi connectivity index (χ0v) is 13.3. The topological polar surface area (TPSA) is 59.6 Å². The summed E-state index contributed by atoms with van der Waals surface area (Å²) in [6, 6.07) is 7.32. The van der Waals surface area contributed by atoms with Crippen LogP contribution in [0.1, 0.15) is 27.2 Å². The van der Waals surface area contributed by atoms with Crippen molar-refractivity contribution in [1.29, 1.82) is 0 Å².